The Hall–Kier alpha value is -3.16. The summed E-state index contributed by atoms with van der Waals surface area (Å²) in [5.74, 6) is 7.09. The van der Waals surface area contributed by atoms with E-state index in [2.05, 4.69) is 20.7 Å². The van der Waals surface area contributed by atoms with Crippen LogP contribution in [0.3, 0.4) is 0 Å². The number of rotatable bonds is 3. The standard InChI is InChI=1S/C14H13N7/c1-8-13(18-9(2)19-14(8)21-17)20-12-4-3-10(6-15)11(5-12)7-16/h3-5H,17H2,1-2H3,(H2,18,19,20,21). The van der Waals surface area contributed by atoms with Gasteiger partial charge in [-0.1, -0.05) is 0 Å². The van der Waals surface area contributed by atoms with Gasteiger partial charge in [-0.05, 0) is 32.0 Å². The Bertz CT molecular complexity index is 768. The summed E-state index contributed by atoms with van der Waals surface area (Å²) in [6.45, 7) is 3.58. The molecule has 0 fully saturated rings. The van der Waals surface area contributed by atoms with Crippen LogP contribution in [0.5, 0.6) is 0 Å². The molecule has 0 unspecified atom stereocenters. The lowest BCUT2D eigenvalue weighted by molar-refractivity contribution is 1.03. The molecule has 2 rings (SSSR count). The number of hydrogen-bond acceptors (Lipinski definition) is 7. The molecule has 104 valence electrons. The Labute approximate surface area is 122 Å². The summed E-state index contributed by atoms with van der Waals surface area (Å²) in [5.41, 5.74) is 4.58. The van der Waals surface area contributed by atoms with Crippen molar-refractivity contribution < 1.29 is 0 Å². The molecular weight excluding hydrogens is 266 g/mol. The van der Waals surface area contributed by atoms with Crippen LogP contribution < -0.4 is 16.6 Å². The maximum absolute atomic E-state index is 9.04. The van der Waals surface area contributed by atoms with Gasteiger partial charge in [0.05, 0.1) is 11.1 Å². The van der Waals surface area contributed by atoms with Gasteiger partial charge in [-0.3, -0.25) is 0 Å². The third-order valence-corrected chi connectivity index (χ3v) is 2.92. The number of nitrogens with zero attached hydrogens (tertiary/aromatic N) is 4. The van der Waals surface area contributed by atoms with Crippen LogP contribution in [0, 0.1) is 36.5 Å². The van der Waals surface area contributed by atoms with Crippen molar-refractivity contribution >= 4 is 17.3 Å². The normalized spacial score (nSPS) is 9.57. The fraction of sp³-hybridized carbons (Fsp3) is 0.143. The highest BCUT2D eigenvalue weighted by Crippen LogP contribution is 2.24. The van der Waals surface area contributed by atoms with Crippen LogP contribution in [-0.2, 0) is 0 Å². The van der Waals surface area contributed by atoms with Gasteiger partial charge in [0.15, 0.2) is 0 Å². The Balaban J connectivity index is 2.42. The van der Waals surface area contributed by atoms with E-state index in [0.29, 0.717) is 34.3 Å². The number of nitriles is 2. The lowest BCUT2D eigenvalue weighted by Crippen LogP contribution is -2.13. The lowest BCUT2D eigenvalue weighted by Gasteiger charge is -2.12. The largest absolute Gasteiger partial charge is 0.340 e. The van der Waals surface area contributed by atoms with Crippen molar-refractivity contribution in [2.24, 2.45) is 5.84 Å². The molecule has 0 spiro atoms. The number of anilines is 3. The van der Waals surface area contributed by atoms with Crippen molar-refractivity contribution in [3.63, 3.8) is 0 Å². The molecule has 1 heterocycles. The Kier molecular flexibility index (Phi) is 3.98. The van der Waals surface area contributed by atoms with E-state index in [1.807, 2.05) is 19.1 Å². The maximum Gasteiger partial charge on any atom is 0.148 e. The van der Waals surface area contributed by atoms with E-state index >= 15 is 0 Å². The number of hydrazine groups is 1. The van der Waals surface area contributed by atoms with Crippen molar-refractivity contribution in [2.75, 3.05) is 10.7 Å². The zero-order valence-corrected chi connectivity index (χ0v) is 11.6. The van der Waals surface area contributed by atoms with Crippen LogP contribution in [0.25, 0.3) is 0 Å². The fourth-order valence-corrected chi connectivity index (χ4v) is 1.84. The first-order valence-corrected chi connectivity index (χ1v) is 6.12. The van der Waals surface area contributed by atoms with Crippen LogP contribution in [0.15, 0.2) is 18.2 Å². The van der Waals surface area contributed by atoms with Gasteiger partial charge < -0.3 is 10.7 Å². The van der Waals surface area contributed by atoms with E-state index in [4.69, 9.17) is 16.4 Å². The molecule has 0 radical (unpaired) electrons. The van der Waals surface area contributed by atoms with Crippen LogP contribution in [-0.4, -0.2) is 9.97 Å². The average Bonchev–Trinajstić information content (AvgIpc) is 2.50. The van der Waals surface area contributed by atoms with E-state index in [-0.39, 0.29) is 0 Å². The predicted molar refractivity (Wildman–Crippen MR) is 78.5 cm³/mol. The van der Waals surface area contributed by atoms with Crippen LogP contribution >= 0.6 is 0 Å². The highest BCUT2D eigenvalue weighted by Gasteiger charge is 2.10. The number of nitrogen functional groups attached to an aromatic ring is 1. The predicted octanol–water partition coefficient (Wildman–Crippen LogP) is 1.87. The topological polar surface area (TPSA) is 123 Å². The van der Waals surface area contributed by atoms with E-state index in [9.17, 15) is 0 Å². The van der Waals surface area contributed by atoms with Crippen LogP contribution in [0.2, 0.25) is 0 Å². The zero-order valence-electron chi connectivity index (χ0n) is 11.6. The fourth-order valence-electron chi connectivity index (χ4n) is 1.84. The molecule has 4 N–H and O–H groups in total. The van der Waals surface area contributed by atoms with Crippen molar-refractivity contribution in [3.8, 4) is 12.1 Å². The van der Waals surface area contributed by atoms with Gasteiger partial charge >= 0.3 is 0 Å². The maximum atomic E-state index is 9.04. The van der Waals surface area contributed by atoms with Gasteiger partial charge in [-0.2, -0.15) is 10.5 Å². The van der Waals surface area contributed by atoms with Gasteiger partial charge in [0.1, 0.15) is 29.6 Å². The van der Waals surface area contributed by atoms with Gasteiger partial charge in [-0.15, -0.1) is 0 Å². The Morgan fingerprint density at radius 2 is 1.71 bits per heavy atom. The van der Waals surface area contributed by atoms with E-state index in [1.165, 1.54) is 0 Å². The van der Waals surface area contributed by atoms with Crippen LogP contribution in [0.1, 0.15) is 22.5 Å². The highest BCUT2D eigenvalue weighted by atomic mass is 15.3. The number of nitrogens with two attached hydrogens (primary N) is 1. The molecule has 0 aliphatic heterocycles. The van der Waals surface area contributed by atoms with Gasteiger partial charge in [0.25, 0.3) is 0 Å². The smallest absolute Gasteiger partial charge is 0.148 e. The highest BCUT2D eigenvalue weighted by molar-refractivity contribution is 5.66. The summed E-state index contributed by atoms with van der Waals surface area (Å²) in [7, 11) is 0. The minimum atomic E-state index is 0.308. The molecule has 0 bridgehead atoms. The summed E-state index contributed by atoms with van der Waals surface area (Å²) in [6.07, 6.45) is 0. The Morgan fingerprint density at radius 3 is 2.33 bits per heavy atom. The van der Waals surface area contributed by atoms with Gasteiger partial charge in [0.2, 0.25) is 0 Å². The molecule has 0 atom stereocenters. The first-order chi connectivity index (χ1) is 10.1. The zero-order chi connectivity index (χ0) is 15.4. The Morgan fingerprint density at radius 1 is 1.05 bits per heavy atom. The summed E-state index contributed by atoms with van der Waals surface area (Å²) >= 11 is 0. The second kappa shape index (κ2) is 5.87. The molecule has 7 nitrogen and oxygen atoms in total. The molecule has 0 saturated carbocycles. The summed E-state index contributed by atoms with van der Waals surface area (Å²) in [6, 6.07) is 8.87. The van der Waals surface area contributed by atoms with Crippen molar-refractivity contribution in [2.45, 2.75) is 13.8 Å². The molecule has 2 aromatic rings. The quantitative estimate of drug-likeness (QED) is 0.578. The number of aromatic nitrogens is 2. The molecular formula is C14H13N7. The molecule has 1 aromatic carbocycles. The van der Waals surface area contributed by atoms with E-state index in [0.717, 1.165) is 5.56 Å². The second-order valence-corrected chi connectivity index (χ2v) is 4.35. The summed E-state index contributed by atoms with van der Waals surface area (Å²) < 4.78 is 0. The molecule has 0 saturated heterocycles. The van der Waals surface area contributed by atoms with Gasteiger partial charge in [0, 0.05) is 11.3 Å². The van der Waals surface area contributed by atoms with Crippen LogP contribution in [0.4, 0.5) is 17.3 Å². The van der Waals surface area contributed by atoms with Crippen molar-refractivity contribution in [1.29, 1.82) is 10.5 Å². The van der Waals surface area contributed by atoms with E-state index in [1.54, 1.807) is 25.1 Å². The monoisotopic (exact) mass is 279 g/mol. The third-order valence-electron chi connectivity index (χ3n) is 2.92. The number of aryl methyl sites for hydroxylation is 1. The lowest BCUT2D eigenvalue weighted by atomic mass is 10.1. The summed E-state index contributed by atoms with van der Waals surface area (Å²) in [4.78, 5) is 8.48. The van der Waals surface area contributed by atoms with Crippen molar-refractivity contribution in [3.05, 3.63) is 40.7 Å². The minimum Gasteiger partial charge on any atom is -0.340 e. The molecule has 0 aliphatic rings. The number of nitrogens with one attached hydrogen (secondary N) is 2. The van der Waals surface area contributed by atoms with Crippen molar-refractivity contribution in [1.82, 2.24) is 9.97 Å². The third kappa shape index (κ3) is 2.89. The molecule has 7 heteroatoms. The number of benzene rings is 1. The molecule has 1 aromatic heterocycles. The first-order valence-electron chi connectivity index (χ1n) is 6.12. The number of hydrogen-bond donors (Lipinski definition) is 3. The molecule has 0 amide bonds. The van der Waals surface area contributed by atoms with Gasteiger partial charge in [-0.25, -0.2) is 15.8 Å². The average molecular weight is 279 g/mol. The minimum absolute atomic E-state index is 0.308. The first kappa shape index (κ1) is 14.3. The SMILES string of the molecule is Cc1nc(NN)c(C)c(Nc2ccc(C#N)c(C#N)c2)n1. The summed E-state index contributed by atoms with van der Waals surface area (Å²) in [5, 5.41) is 21.1. The molecule has 0 aliphatic carbocycles. The second-order valence-electron chi connectivity index (χ2n) is 4.35. The molecule has 21 heavy (non-hydrogen) atoms. The van der Waals surface area contributed by atoms with E-state index < -0.39 is 0 Å².